The Kier molecular flexibility index (Phi) is 2.91. The fourth-order valence-corrected chi connectivity index (χ4v) is 2.06. The molecule has 0 radical (unpaired) electrons. The Morgan fingerprint density at radius 1 is 1.47 bits per heavy atom. The van der Waals surface area contributed by atoms with Crippen molar-refractivity contribution in [3.05, 3.63) is 29.6 Å². The van der Waals surface area contributed by atoms with E-state index in [2.05, 4.69) is 17.3 Å². The molecule has 2 rings (SSSR count). The molecule has 1 aromatic rings. The van der Waals surface area contributed by atoms with Crippen molar-refractivity contribution < 1.29 is 4.39 Å². The SMILES string of the molecule is Cc1cc(F)ccc1NC1CCN(C)C1. The molecule has 0 bridgehead atoms. The average molecular weight is 208 g/mol. The maximum atomic E-state index is 12.9. The quantitative estimate of drug-likeness (QED) is 0.802. The fourth-order valence-electron chi connectivity index (χ4n) is 2.06. The molecule has 1 saturated heterocycles. The maximum Gasteiger partial charge on any atom is 0.123 e. The minimum Gasteiger partial charge on any atom is -0.381 e. The monoisotopic (exact) mass is 208 g/mol. The summed E-state index contributed by atoms with van der Waals surface area (Å²) in [7, 11) is 2.12. The molecule has 0 amide bonds. The summed E-state index contributed by atoms with van der Waals surface area (Å²) in [6.45, 7) is 4.14. The van der Waals surface area contributed by atoms with Gasteiger partial charge in [-0.15, -0.1) is 0 Å². The van der Waals surface area contributed by atoms with Gasteiger partial charge in [-0.2, -0.15) is 0 Å². The highest BCUT2D eigenvalue weighted by Gasteiger charge is 2.19. The van der Waals surface area contributed by atoms with Crippen LogP contribution in [0.4, 0.5) is 10.1 Å². The van der Waals surface area contributed by atoms with Crippen LogP contribution >= 0.6 is 0 Å². The minimum atomic E-state index is -0.165. The van der Waals surface area contributed by atoms with Crippen molar-refractivity contribution >= 4 is 5.69 Å². The Morgan fingerprint density at radius 3 is 2.87 bits per heavy atom. The summed E-state index contributed by atoms with van der Waals surface area (Å²) in [6, 6.07) is 5.40. The summed E-state index contributed by atoms with van der Waals surface area (Å²) in [6.07, 6.45) is 1.16. The highest BCUT2D eigenvalue weighted by atomic mass is 19.1. The first-order valence-corrected chi connectivity index (χ1v) is 5.36. The number of anilines is 1. The molecule has 1 N–H and O–H groups in total. The van der Waals surface area contributed by atoms with Crippen LogP contribution in [0.15, 0.2) is 18.2 Å². The van der Waals surface area contributed by atoms with E-state index >= 15 is 0 Å². The molecule has 2 nitrogen and oxygen atoms in total. The van der Waals surface area contributed by atoms with Crippen LogP contribution in [0.3, 0.4) is 0 Å². The second-order valence-electron chi connectivity index (χ2n) is 4.35. The van der Waals surface area contributed by atoms with Gasteiger partial charge in [0.15, 0.2) is 0 Å². The molecule has 1 heterocycles. The highest BCUT2D eigenvalue weighted by molar-refractivity contribution is 5.51. The zero-order valence-electron chi connectivity index (χ0n) is 9.26. The standard InChI is InChI=1S/C12H17FN2/c1-9-7-10(13)3-4-12(9)14-11-5-6-15(2)8-11/h3-4,7,11,14H,5-6,8H2,1-2H3. The van der Waals surface area contributed by atoms with Gasteiger partial charge in [-0.05, 0) is 50.7 Å². The lowest BCUT2D eigenvalue weighted by Crippen LogP contribution is -2.23. The number of rotatable bonds is 2. The first kappa shape index (κ1) is 10.4. The summed E-state index contributed by atoms with van der Waals surface area (Å²) < 4.78 is 12.9. The summed E-state index contributed by atoms with van der Waals surface area (Å²) >= 11 is 0. The predicted octanol–water partition coefficient (Wildman–Crippen LogP) is 2.25. The van der Waals surface area contributed by atoms with Crippen LogP contribution < -0.4 is 5.32 Å². The number of likely N-dealkylation sites (tertiary alicyclic amines) is 1. The molecule has 1 atom stereocenters. The van der Waals surface area contributed by atoms with Crippen LogP contribution in [0.5, 0.6) is 0 Å². The van der Waals surface area contributed by atoms with Gasteiger partial charge >= 0.3 is 0 Å². The van der Waals surface area contributed by atoms with E-state index in [1.54, 1.807) is 6.07 Å². The lowest BCUT2D eigenvalue weighted by molar-refractivity contribution is 0.414. The molecule has 1 aromatic carbocycles. The largest absolute Gasteiger partial charge is 0.381 e. The van der Waals surface area contributed by atoms with E-state index in [9.17, 15) is 4.39 Å². The topological polar surface area (TPSA) is 15.3 Å². The van der Waals surface area contributed by atoms with Crippen LogP contribution in [0.1, 0.15) is 12.0 Å². The van der Waals surface area contributed by atoms with Crippen molar-refractivity contribution in [2.24, 2.45) is 0 Å². The molecular weight excluding hydrogens is 191 g/mol. The van der Waals surface area contributed by atoms with Gasteiger partial charge in [-0.25, -0.2) is 4.39 Å². The fraction of sp³-hybridized carbons (Fsp3) is 0.500. The van der Waals surface area contributed by atoms with E-state index in [1.807, 2.05) is 13.0 Å². The first-order valence-electron chi connectivity index (χ1n) is 5.36. The smallest absolute Gasteiger partial charge is 0.123 e. The Morgan fingerprint density at radius 2 is 2.27 bits per heavy atom. The number of aryl methyl sites for hydroxylation is 1. The van der Waals surface area contributed by atoms with Gasteiger partial charge in [0, 0.05) is 18.3 Å². The third-order valence-corrected chi connectivity index (χ3v) is 2.94. The minimum absolute atomic E-state index is 0.165. The normalized spacial score (nSPS) is 21.9. The van der Waals surface area contributed by atoms with Gasteiger partial charge in [-0.1, -0.05) is 0 Å². The van der Waals surface area contributed by atoms with Crippen molar-refractivity contribution in [2.75, 3.05) is 25.5 Å². The summed E-state index contributed by atoms with van der Waals surface area (Å²) in [5.74, 6) is -0.165. The lowest BCUT2D eigenvalue weighted by atomic mass is 10.1. The van der Waals surface area contributed by atoms with Crippen molar-refractivity contribution in [2.45, 2.75) is 19.4 Å². The first-order chi connectivity index (χ1) is 7.15. The van der Waals surface area contributed by atoms with E-state index in [1.165, 1.54) is 6.07 Å². The predicted molar refractivity (Wildman–Crippen MR) is 60.7 cm³/mol. The van der Waals surface area contributed by atoms with Gasteiger partial charge in [0.05, 0.1) is 0 Å². The number of benzene rings is 1. The second-order valence-corrected chi connectivity index (χ2v) is 4.35. The number of nitrogens with one attached hydrogen (secondary N) is 1. The molecular formula is C12H17FN2. The summed E-state index contributed by atoms with van der Waals surface area (Å²) in [5.41, 5.74) is 2.03. The number of likely N-dealkylation sites (N-methyl/N-ethyl adjacent to an activating group) is 1. The zero-order valence-corrected chi connectivity index (χ0v) is 9.26. The Hall–Kier alpha value is -1.09. The van der Waals surface area contributed by atoms with E-state index in [-0.39, 0.29) is 5.82 Å². The molecule has 0 spiro atoms. The van der Waals surface area contributed by atoms with Gasteiger partial charge in [-0.3, -0.25) is 0 Å². The second kappa shape index (κ2) is 4.19. The molecule has 0 saturated carbocycles. The van der Waals surface area contributed by atoms with Crippen LogP contribution in [-0.4, -0.2) is 31.1 Å². The molecule has 3 heteroatoms. The van der Waals surface area contributed by atoms with Gasteiger partial charge in [0.2, 0.25) is 0 Å². The molecule has 1 aliphatic heterocycles. The summed E-state index contributed by atoms with van der Waals surface area (Å²) in [5, 5.41) is 3.46. The number of halogens is 1. The van der Waals surface area contributed by atoms with Crippen molar-refractivity contribution in [1.29, 1.82) is 0 Å². The number of hydrogen-bond donors (Lipinski definition) is 1. The number of nitrogens with zero attached hydrogens (tertiary/aromatic N) is 1. The van der Waals surface area contributed by atoms with Gasteiger partial charge in [0.1, 0.15) is 5.82 Å². The highest BCUT2D eigenvalue weighted by Crippen LogP contribution is 2.19. The zero-order chi connectivity index (χ0) is 10.8. The Bertz CT molecular complexity index is 351. The molecule has 1 unspecified atom stereocenters. The third-order valence-electron chi connectivity index (χ3n) is 2.94. The van der Waals surface area contributed by atoms with E-state index in [0.29, 0.717) is 6.04 Å². The number of hydrogen-bond acceptors (Lipinski definition) is 2. The van der Waals surface area contributed by atoms with Crippen LogP contribution in [0, 0.1) is 12.7 Å². The Balaban J connectivity index is 2.04. The van der Waals surface area contributed by atoms with Crippen LogP contribution in [0.2, 0.25) is 0 Å². The van der Waals surface area contributed by atoms with Gasteiger partial charge in [0.25, 0.3) is 0 Å². The van der Waals surface area contributed by atoms with Crippen molar-refractivity contribution in [1.82, 2.24) is 4.90 Å². The van der Waals surface area contributed by atoms with E-state index in [0.717, 1.165) is 30.8 Å². The van der Waals surface area contributed by atoms with Crippen molar-refractivity contribution in [3.8, 4) is 0 Å². The molecule has 0 aliphatic carbocycles. The van der Waals surface area contributed by atoms with Crippen LogP contribution in [0.25, 0.3) is 0 Å². The molecule has 0 aromatic heterocycles. The third kappa shape index (κ3) is 2.48. The lowest BCUT2D eigenvalue weighted by Gasteiger charge is -2.16. The molecule has 1 fully saturated rings. The summed E-state index contributed by atoms with van der Waals surface area (Å²) in [4.78, 5) is 2.30. The van der Waals surface area contributed by atoms with Crippen LogP contribution in [-0.2, 0) is 0 Å². The van der Waals surface area contributed by atoms with Gasteiger partial charge < -0.3 is 10.2 Å². The molecule has 82 valence electrons. The molecule has 1 aliphatic rings. The molecule has 15 heavy (non-hydrogen) atoms. The van der Waals surface area contributed by atoms with Crippen molar-refractivity contribution in [3.63, 3.8) is 0 Å². The van der Waals surface area contributed by atoms with E-state index in [4.69, 9.17) is 0 Å². The Labute approximate surface area is 90.1 Å². The maximum absolute atomic E-state index is 12.9. The van der Waals surface area contributed by atoms with E-state index < -0.39 is 0 Å². The average Bonchev–Trinajstić information content (AvgIpc) is 2.56.